The summed E-state index contributed by atoms with van der Waals surface area (Å²) < 4.78 is 0. The molecule has 104 valence electrons. The Morgan fingerprint density at radius 2 is 1.86 bits per heavy atom. The molecule has 2 heterocycles. The summed E-state index contributed by atoms with van der Waals surface area (Å²) in [5, 5.41) is 28.7. The number of carbonyl (C=O) groups is 2. The van der Waals surface area contributed by atoms with Gasteiger partial charge < -0.3 is 10.2 Å². The predicted molar refractivity (Wildman–Crippen MR) is 72.9 cm³/mol. The summed E-state index contributed by atoms with van der Waals surface area (Å²) in [4.78, 5) is 30.3. The normalized spacial score (nSPS) is 9.86. The monoisotopic (exact) mass is 301 g/mol. The van der Waals surface area contributed by atoms with Crippen LogP contribution in [0.1, 0.15) is 20.7 Å². The molecule has 0 atom stereocenters. The lowest BCUT2D eigenvalue weighted by atomic mass is 10.1. The van der Waals surface area contributed by atoms with Crippen LogP contribution in [-0.2, 0) is 0 Å². The van der Waals surface area contributed by atoms with Crippen molar-refractivity contribution in [2.75, 3.05) is 0 Å². The molecule has 0 fully saturated rings. The van der Waals surface area contributed by atoms with Gasteiger partial charge in [0.1, 0.15) is 11.1 Å². The molecule has 7 nitrogen and oxygen atoms in total. The van der Waals surface area contributed by atoms with Gasteiger partial charge >= 0.3 is 11.9 Å². The first-order chi connectivity index (χ1) is 10.0. The van der Waals surface area contributed by atoms with Crippen molar-refractivity contribution in [3.8, 4) is 16.8 Å². The van der Waals surface area contributed by atoms with Crippen molar-refractivity contribution < 1.29 is 19.8 Å². The zero-order chi connectivity index (χ0) is 15.4. The number of thioether (sulfide) groups is 1. The van der Waals surface area contributed by atoms with Gasteiger partial charge in [0.25, 0.3) is 0 Å². The fraction of sp³-hybridized carbons (Fsp3) is 0. The van der Waals surface area contributed by atoms with Gasteiger partial charge in [0.2, 0.25) is 0 Å². The number of pyridine rings is 2. The molecule has 0 aliphatic carbocycles. The first kappa shape index (κ1) is 14.5. The Hall–Kier alpha value is -2.92. The van der Waals surface area contributed by atoms with Crippen LogP contribution in [0.2, 0.25) is 0 Å². The summed E-state index contributed by atoms with van der Waals surface area (Å²) in [5.74, 6) is -2.34. The molecule has 0 spiro atoms. The van der Waals surface area contributed by atoms with Gasteiger partial charge in [-0.15, -0.1) is 0 Å². The third-order valence-electron chi connectivity index (χ3n) is 2.53. The molecule has 8 heteroatoms. The topological polar surface area (TPSA) is 124 Å². The molecule has 0 saturated heterocycles. The van der Waals surface area contributed by atoms with Gasteiger partial charge in [-0.1, -0.05) is 0 Å². The van der Waals surface area contributed by atoms with Crippen LogP contribution in [-0.4, -0.2) is 32.1 Å². The average molecular weight is 301 g/mol. The molecule has 2 rings (SSSR count). The second kappa shape index (κ2) is 6.02. The maximum Gasteiger partial charge on any atom is 0.337 e. The molecular formula is C13H7N3O4S. The van der Waals surface area contributed by atoms with E-state index < -0.39 is 11.9 Å². The summed E-state index contributed by atoms with van der Waals surface area (Å²) in [5.41, 5.74) is 0.254. The van der Waals surface area contributed by atoms with Crippen molar-refractivity contribution in [1.29, 1.82) is 5.26 Å². The maximum absolute atomic E-state index is 11.2. The minimum Gasteiger partial charge on any atom is -0.478 e. The van der Waals surface area contributed by atoms with Gasteiger partial charge in [0.05, 0.1) is 21.7 Å². The van der Waals surface area contributed by atoms with E-state index in [2.05, 4.69) is 9.97 Å². The van der Waals surface area contributed by atoms with Crippen molar-refractivity contribution in [3.63, 3.8) is 0 Å². The lowest BCUT2D eigenvalue weighted by Crippen LogP contribution is -2.03. The number of rotatable bonds is 4. The molecule has 2 aromatic heterocycles. The Kier molecular flexibility index (Phi) is 4.15. The van der Waals surface area contributed by atoms with Crippen LogP contribution in [0.25, 0.3) is 11.4 Å². The summed E-state index contributed by atoms with van der Waals surface area (Å²) in [6, 6.07) is 3.86. The van der Waals surface area contributed by atoms with Crippen LogP contribution >= 0.6 is 11.8 Å². The van der Waals surface area contributed by atoms with E-state index in [1.165, 1.54) is 30.6 Å². The second-order valence-corrected chi connectivity index (χ2v) is 4.56. The number of carboxylic acid groups (broad SMARTS) is 2. The highest BCUT2D eigenvalue weighted by Crippen LogP contribution is 2.31. The SMILES string of the molecule is N#CSc1c(C(=O)O)ccnc1-c1cc(C(=O)O)ccn1. The molecule has 0 aliphatic rings. The van der Waals surface area contributed by atoms with Crippen molar-refractivity contribution in [2.45, 2.75) is 4.90 Å². The summed E-state index contributed by atoms with van der Waals surface area (Å²) >= 11 is 0.641. The Bertz CT molecular complexity index is 770. The molecule has 0 radical (unpaired) electrons. The minimum atomic E-state index is -1.20. The quantitative estimate of drug-likeness (QED) is 0.650. The van der Waals surface area contributed by atoms with Gasteiger partial charge in [0.15, 0.2) is 0 Å². The van der Waals surface area contributed by atoms with Gasteiger partial charge in [-0.25, -0.2) is 9.59 Å². The predicted octanol–water partition coefficient (Wildman–Crippen LogP) is 2.11. The largest absolute Gasteiger partial charge is 0.478 e. The lowest BCUT2D eigenvalue weighted by Gasteiger charge is -2.08. The Labute approximate surface area is 122 Å². The first-order valence-corrected chi connectivity index (χ1v) is 6.34. The third-order valence-corrected chi connectivity index (χ3v) is 3.24. The number of thiocyanates is 1. The van der Waals surface area contributed by atoms with E-state index in [4.69, 9.17) is 15.5 Å². The third kappa shape index (κ3) is 2.98. The first-order valence-electron chi connectivity index (χ1n) is 5.52. The average Bonchev–Trinajstić information content (AvgIpc) is 2.47. The van der Waals surface area contributed by atoms with E-state index in [1.807, 2.05) is 0 Å². The van der Waals surface area contributed by atoms with Crippen LogP contribution in [0.15, 0.2) is 35.5 Å². The Morgan fingerprint density at radius 3 is 2.48 bits per heavy atom. The van der Waals surface area contributed by atoms with E-state index in [0.29, 0.717) is 11.8 Å². The molecule has 0 saturated carbocycles. The molecule has 0 unspecified atom stereocenters. The van der Waals surface area contributed by atoms with E-state index in [0.717, 1.165) is 0 Å². The Balaban J connectivity index is 2.66. The number of nitrogens with zero attached hydrogens (tertiary/aromatic N) is 3. The highest BCUT2D eigenvalue weighted by Gasteiger charge is 2.18. The summed E-state index contributed by atoms with van der Waals surface area (Å²) in [6.45, 7) is 0. The standard InChI is InChI=1S/C13H7N3O4S/c14-6-21-11-8(13(19)20)2-4-16-10(11)9-5-7(12(17)18)1-3-15-9/h1-5H,(H,17,18)(H,19,20). The lowest BCUT2D eigenvalue weighted by molar-refractivity contribution is 0.0683. The summed E-state index contributed by atoms with van der Waals surface area (Å²) in [6.07, 6.45) is 2.56. The van der Waals surface area contributed by atoms with Gasteiger partial charge in [-0.3, -0.25) is 9.97 Å². The molecule has 0 bridgehead atoms. The Morgan fingerprint density at radius 1 is 1.14 bits per heavy atom. The highest BCUT2D eigenvalue weighted by atomic mass is 32.2. The van der Waals surface area contributed by atoms with Crippen LogP contribution in [0.5, 0.6) is 0 Å². The van der Waals surface area contributed by atoms with Crippen LogP contribution in [0.3, 0.4) is 0 Å². The number of aromatic carboxylic acids is 2. The number of nitriles is 1. The van der Waals surface area contributed by atoms with E-state index in [9.17, 15) is 9.59 Å². The summed E-state index contributed by atoms with van der Waals surface area (Å²) in [7, 11) is 0. The van der Waals surface area contributed by atoms with Crippen molar-refractivity contribution in [1.82, 2.24) is 9.97 Å². The zero-order valence-electron chi connectivity index (χ0n) is 10.3. The van der Waals surface area contributed by atoms with E-state index in [1.54, 1.807) is 5.40 Å². The fourth-order valence-corrected chi connectivity index (χ4v) is 2.25. The van der Waals surface area contributed by atoms with Gasteiger partial charge in [-0.2, -0.15) is 5.26 Å². The molecule has 21 heavy (non-hydrogen) atoms. The van der Waals surface area contributed by atoms with Crippen molar-refractivity contribution in [3.05, 3.63) is 41.7 Å². The van der Waals surface area contributed by atoms with E-state index in [-0.39, 0.29) is 27.4 Å². The number of aromatic nitrogens is 2. The van der Waals surface area contributed by atoms with E-state index >= 15 is 0 Å². The van der Waals surface area contributed by atoms with Crippen molar-refractivity contribution in [2.24, 2.45) is 0 Å². The number of hydrogen-bond acceptors (Lipinski definition) is 6. The highest BCUT2D eigenvalue weighted by molar-refractivity contribution is 8.04. The van der Waals surface area contributed by atoms with Crippen LogP contribution in [0, 0.1) is 10.7 Å². The van der Waals surface area contributed by atoms with Crippen LogP contribution in [0.4, 0.5) is 0 Å². The maximum atomic E-state index is 11.2. The molecule has 0 aromatic carbocycles. The molecular weight excluding hydrogens is 294 g/mol. The second-order valence-electron chi connectivity index (χ2n) is 3.77. The number of carboxylic acids is 2. The minimum absolute atomic E-state index is 0.00423. The number of hydrogen-bond donors (Lipinski definition) is 2. The van der Waals surface area contributed by atoms with Gasteiger partial charge in [-0.05, 0) is 30.0 Å². The smallest absolute Gasteiger partial charge is 0.337 e. The molecule has 0 aliphatic heterocycles. The van der Waals surface area contributed by atoms with Crippen molar-refractivity contribution >= 4 is 23.7 Å². The fourth-order valence-electron chi connectivity index (χ4n) is 1.64. The molecule has 2 aromatic rings. The molecule has 0 amide bonds. The van der Waals surface area contributed by atoms with Crippen LogP contribution < -0.4 is 0 Å². The zero-order valence-corrected chi connectivity index (χ0v) is 11.2. The molecule has 2 N–H and O–H groups in total. The van der Waals surface area contributed by atoms with Gasteiger partial charge in [0, 0.05) is 12.4 Å².